The number of nitrogen functional groups attached to an aromatic ring is 1. The molecule has 2 rings (SSSR count). The first kappa shape index (κ1) is 16.1. The number of carbonyl (C=O) groups is 1. The SMILES string of the molecule is CC1CN(C(C)C(=O)Nc2ccc(N)cc2Cl)C(C)CO1. The lowest BCUT2D eigenvalue weighted by Crippen LogP contribution is -2.54. The number of hydrogen-bond acceptors (Lipinski definition) is 4. The monoisotopic (exact) mass is 311 g/mol. The van der Waals surface area contributed by atoms with Gasteiger partial charge in [0.05, 0.1) is 29.5 Å². The predicted molar refractivity (Wildman–Crippen MR) is 85.5 cm³/mol. The van der Waals surface area contributed by atoms with Crippen molar-refractivity contribution in [1.82, 2.24) is 4.90 Å². The van der Waals surface area contributed by atoms with Gasteiger partial charge in [-0.1, -0.05) is 11.6 Å². The van der Waals surface area contributed by atoms with Crippen LogP contribution in [0.3, 0.4) is 0 Å². The first-order chi connectivity index (χ1) is 9.88. The number of hydrogen-bond donors (Lipinski definition) is 2. The van der Waals surface area contributed by atoms with Crippen LogP contribution in [-0.2, 0) is 9.53 Å². The van der Waals surface area contributed by atoms with E-state index >= 15 is 0 Å². The number of amides is 1. The largest absolute Gasteiger partial charge is 0.399 e. The molecule has 1 saturated heterocycles. The van der Waals surface area contributed by atoms with Crippen molar-refractivity contribution in [3.05, 3.63) is 23.2 Å². The molecule has 0 aromatic heterocycles. The van der Waals surface area contributed by atoms with Crippen LogP contribution in [0.5, 0.6) is 0 Å². The Labute approximate surface area is 130 Å². The third kappa shape index (κ3) is 3.87. The molecule has 3 unspecified atom stereocenters. The molecule has 0 radical (unpaired) electrons. The van der Waals surface area contributed by atoms with Gasteiger partial charge in [-0.15, -0.1) is 0 Å². The smallest absolute Gasteiger partial charge is 0.241 e. The summed E-state index contributed by atoms with van der Waals surface area (Å²) in [5, 5.41) is 3.30. The van der Waals surface area contributed by atoms with Crippen LogP contribution >= 0.6 is 11.6 Å². The molecule has 3 N–H and O–H groups in total. The molecule has 116 valence electrons. The molecule has 1 aliphatic heterocycles. The number of morpholine rings is 1. The van der Waals surface area contributed by atoms with E-state index in [2.05, 4.69) is 17.1 Å². The molecule has 5 nitrogen and oxygen atoms in total. The highest BCUT2D eigenvalue weighted by molar-refractivity contribution is 6.34. The average Bonchev–Trinajstić information content (AvgIpc) is 2.43. The minimum Gasteiger partial charge on any atom is -0.399 e. The van der Waals surface area contributed by atoms with Crippen LogP contribution in [0.25, 0.3) is 0 Å². The molecule has 0 spiro atoms. The first-order valence-electron chi connectivity index (χ1n) is 7.11. The van der Waals surface area contributed by atoms with E-state index in [4.69, 9.17) is 22.1 Å². The fraction of sp³-hybridized carbons (Fsp3) is 0.533. The Morgan fingerprint density at radius 1 is 1.52 bits per heavy atom. The first-order valence-corrected chi connectivity index (χ1v) is 7.49. The molecule has 1 heterocycles. The highest BCUT2D eigenvalue weighted by atomic mass is 35.5. The van der Waals surface area contributed by atoms with Crippen molar-refractivity contribution >= 4 is 28.9 Å². The zero-order valence-electron chi connectivity index (χ0n) is 12.6. The molecule has 0 bridgehead atoms. The molecule has 1 aromatic carbocycles. The Hall–Kier alpha value is -1.30. The van der Waals surface area contributed by atoms with Crippen LogP contribution in [0.1, 0.15) is 20.8 Å². The second kappa shape index (κ2) is 6.64. The second-order valence-corrected chi connectivity index (χ2v) is 6.00. The van der Waals surface area contributed by atoms with E-state index in [0.717, 1.165) is 6.54 Å². The molecule has 0 aliphatic carbocycles. The van der Waals surface area contributed by atoms with Gasteiger partial charge in [-0.05, 0) is 39.0 Å². The van der Waals surface area contributed by atoms with Crippen LogP contribution in [0.15, 0.2) is 18.2 Å². The summed E-state index contributed by atoms with van der Waals surface area (Å²) in [6.45, 7) is 7.36. The maximum Gasteiger partial charge on any atom is 0.241 e. The van der Waals surface area contributed by atoms with E-state index in [1.54, 1.807) is 18.2 Å². The van der Waals surface area contributed by atoms with Crippen LogP contribution in [0, 0.1) is 0 Å². The van der Waals surface area contributed by atoms with Crippen LogP contribution < -0.4 is 11.1 Å². The number of nitrogens with zero attached hydrogens (tertiary/aromatic N) is 1. The molecular formula is C15H22ClN3O2. The molecule has 1 aromatic rings. The van der Waals surface area contributed by atoms with Gasteiger partial charge < -0.3 is 15.8 Å². The number of nitrogens with two attached hydrogens (primary N) is 1. The molecular weight excluding hydrogens is 290 g/mol. The number of rotatable bonds is 3. The Balaban J connectivity index is 2.05. The van der Waals surface area contributed by atoms with Gasteiger partial charge in [0.15, 0.2) is 0 Å². The number of ether oxygens (including phenoxy) is 1. The topological polar surface area (TPSA) is 67.6 Å². The molecule has 1 amide bonds. The Morgan fingerprint density at radius 3 is 2.90 bits per heavy atom. The molecule has 21 heavy (non-hydrogen) atoms. The fourth-order valence-corrected chi connectivity index (χ4v) is 2.73. The van der Waals surface area contributed by atoms with Crippen molar-refractivity contribution in [3.8, 4) is 0 Å². The van der Waals surface area contributed by atoms with Crippen molar-refractivity contribution in [2.24, 2.45) is 0 Å². The van der Waals surface area contributed by atoms with E-state index in [1.807, 2.05) is 13.8 Å². The summed E-state index contributed by atoms with van der Waals surface area (Å²) in [5.74, 6) is -0.0809. The summed E-state index contributed by atoms with van der Waals surface area (Å²) in [5.41, 5.74) is 6.80. The molecule has 1 fully saturated rings. The van der Waals surface area contributed by atoms with E-state index in [1.165, 1.54) is 0 Å². The van der Waals surface area contributed by atoms with Crippen molar-refractivity contribution in [3.63, 3.8) is 0 Å². The number of benzene rings is 1. The van der Waals surface area contributed by atoms with Crippen molar-refractivity contribution < 1.29 is 9.53 Å². The van der Waals surface area contributed by atoms with Crippen molar-refractivity contribution in [2.45, 2.75) is 39.0 Å². The van der Waals surface area contributed by atoms with E-state index in [-0.39, 0.29) is 24.1 Å². The molecule has 6 heteroatoms. The summed E-state index contributed by atoms with van der Waals surface area (Å²) in [6.07, 6.45) is 0.136. The van der Waals surface area contributed by atoms with Crippen molar-refractivity contribution in [1.29, 1.82) is 0 Å². The molecule has 3 atom stereocenters. The number of halogens is 1. The van der Waals surface area contributed by atoms with Gasteiger partial charge in [-0.25, -0.2) is 0 Å². The average molecular weight is 312 g/mol. The Morgan fingerprint density at radius 2 is 2.24 bits per heavy atom. The third-order valence-electron chi connectivity index (χ3n) is 3.78. The van der Waals surface area contributed by atoms with E-state index in [0.29, 0.717) is 23.0 Å². The maximum absolute atomic E-state index is 12.4. The summed E-state index contributed by atoms with van der Waals surface area (Å²) >= 11 is 6.09. The fourth-order valence-electron chi connectivity index (χ4n) is 2.49. The number of nitrogens with one attached hydrogen (secondary N) is 1. The maximum atomic E-state index is 12.4. The summed E-state index contributed by atoms with van der Waals surface area (Å²) in [4.78, 5) is 14.6. The standard InChI is InChI=1S/C15H22ClN3O2/c1-9-8-21-10(2)7-19(9)11(3)15(20)18-14-5-4-12(17)6-13(14)16/h4-6,9-11H,7-8,17H2,1-3H3,(H,18,20). The lowest BCUT2D eigenvalue weighted by Gasteiger charge is -2.39. The van der Waals surface area contributed by atoms with E-state index in [9.17, 15) is 4.79 Å². The van der Waals surface area contributed by atoms with Crippen molar-refractivity contribution in [2.75, 3.05) is 24.2 Å². The van der Waals surface area contributed by atoms with Gasteiger partial charge in [-0.2, -0.15) is 0 Å². The summed E-state index contributed by atoms with van der Waals surface area (Å²) in [7, 11) is 0. The lowest BCUT2D eigenvalue weighted by molar-refractivity contribution is -0.126. The van der Waals surface area contributed by atoms with Gasteiger partial charge >= 0.3 is 0 Å². The normalized spacial score (nSPS) is 24.6. The van der Waals surface area contributed by atoms with Gasteiger partial charge in [0.25, 0.3) is 0 Å². The summed E-state index contributed by atoms with van der Waals surface area (Å²) in [6, 6.07) is 5.02. The minimum atomic E-state index is -0.250. The third-order valence-corrected chi connectivity index (χ3v) is 4.10. The zero-order chi connectivity index (χ0) is 15.6. The zero-order valence-corrected chi connectivity index (χ0v) is 13.4. The van der Waals surface area contributed by atoms with Crippen LogP contribution in [-0.4, -0.2) is 42.1 Å². The number of carbonyl (C=O) groups excluding carboxylic acids is 1. The lowest BCUT2D eigenvalue weighted by atomic mass is 10.1. The Bertz CT molecular complexity index is 524. The molecule has 1 aliphatic rings. The van der Waals surface area contributed by atoms with Crippen LogP contribution in [0.4, 0.5) is 11.4 Å². The second-order valence-electron chi connectivity index (χ2n) is 5.59. The predicted octanol–water partition coefficient (Wildman–Crippen LogP) is 2.36. The highest BCUT2D eigenvalue weighted by Crippen LogP contribution is 2.25. The highest BCUT2D eigenvalue weighted by Gasteiger charge is 2.31. The van der Waals surface area contributed by atoms with Gasteiger partial charge in [-0.3, -0.25) is 9.69 Å². The Kier molecular flexibility index (Phi) is 5.08. The van der Waals surface area contributed by atoms with Gasteiger partial charge in [0.2, 0.25) is 5.91 Å². The van der Waals surface area contributed by atoms with Crippen LogP contribution in [0.2, 0.25) is 5.02 Å². The van der Waals surface area contributed by atoms with Gasteiger partial charge in [0, 0.05) is 18.3 Å². The summed E-state index contributed by atoms with van der Waals surface area (Å²) < 4.78 is 5.59. The van der Waals surface area contributed by atoms with Gasteiger partial charge in [0.1, 0.15) is 0 Å². The van der Waals surface area contributed by atoms with E-state index < -0.39 is 0 Å². The minimum absolute atomic E-state index is 0.0809. The molecule has 0 saturated carbocycles. The quantitative estimate of drug-likeness (QED) is 0.841. The number of anilines is 2.